The van der Waals surface area contributed by atoms with Crippen molar-refractivity contribution in [1.82, 2.24) is 0 Å². The first-order valence-electron chi connectivity index (χ1n) is 5.77. The molecule has 4 atom stereocenters. The van der Waals surface area contributed by atoms with Gasteiger partial charge in [-0.25, -0.2) is 0 Å². The van der Waals surface area contributed by atoms with Crippen molar-refractivity contribution in [3.8, 4) is 0 Å². The lowest BCUT2D eigenvalue weighted by Gasteiger charge is -2.45. The lowest BCUT2D eigenvalue weighted by Crippen LogP contribution is -2.48. The molecule has 1 aliphatic carbocycles. The second kappa shape index (κ2) is 3.81. The van der Waals surface area contributed by atoms with Crippen molar-refractivity contribution in [2.24, 2.45) is 11.8 Å². The number of rotatable bonds is 2. The third-order valence-corrected chi connectivity index (χ3v) is 3.87. The molecule has 2 heterocycles. The highest BCUT2D eigenvalue weighted by Gasteiger charge is 2.54. The number of hydrogen-bond acceptors (Lipinski definition) is 3. The topological polar surface area (TPSA) is 83.8 Å². The monoisotopic (exact) mass is 248 g/mol. The summed E-state index contributed by atoms with van der Waals surface area (Å²) >= 11 is 0. The van der Waals surface area contributed by atoms with Crippen LogP contribution in [0.15, 0.2) is 24.3 Å². The Labute approximate surface area is 103 Å². The summed E-state index contributed by atoms with van der Waals surface area (Å²) in [5.74, 6) is -4.45. The number of ether oxygens (including phenoxy) is 1. The first kappa shape index (κ1) is 11.2. The van der Waals surface area contributed by atoms with Gasteiger partial charge < -0.3 is 14.9 Å². The van der Waals surface area contributed by atoms with E-state index < -0.39 is 29.9 Å². The molecule has 0 saturated carbocycles. The Balaban J connectivity index is 2.16. The van der Waals surface area contributed by atoms with Crippen LogP contribution >= 0.6 is 0 Å². The minimum Gasteiger partial charge on any atom is -0.481 e. The van der Waals surface area contributed by atoms with Gasteiger partial charge in [0.2, 0.25) is 0 Å². The Kier molecular flexibility index (Phi) is 2.38. The van der Waals surface area contributed by atoms with E-state index in [1.54, 1.807) is 0 Å². The standard InChI is InChI=1S/C13H12O5/c14-12(15)9-8-5-18-11(10(9)13(16)17)7-4-2-1-3-6(7)8/h1-4,8-11H,5H2,(H,14,15)(H,16,17). The average molecular weight is 248 g/mol. The Morgan fingerprint density at radius 2 is 1.67 bits per heavy atom. The van der Waals surface area contributed by atoms with Crippen LogP contribution in [-0.4, -0.2) is 28.8 Å². The van der Waals surface area contributed by atoms with Gasteiger partial charge >= 0.3 is 11.9 Å². The Morgan fingerprint density at radius 1 is 1.06 bits per heavy atom. The van der Waals surface area contributed by atoms with Gasteiger partial charge in [0.05, 0.1) is 18.6 Å². The van der Waals surface area contributed by atoms with Crippen LogP contribution in [0.5, 0.6) is 0 Å². The van der Waals surface area contributed by atoms with Gasteiger partial charge in [0, 0.05) is 5.92 Å². The molecule has 2 aliphatic heterocycles. The van der Waals surface area contributed by atoms with Gasteiger partial charge in [0.25, 0.3) is 0 Å². The predicted octanol–water partition coefficient (Wildman–Crippen LogP) is 1.26. The number of carboxylic acid groups (broad SMARTS) is 2. The molecule has 18 heavy (non-hydrogen) atoms. The zero-order valence-corrected chi connectivity index (χ0v) is 9.45. The van der Waals surface area contributed by atoms with Crippen LogP contribution in [0.3, 0.4) is 0 Å². The molecular weight excluding hydrogens is 236 g/mol. The van der Waals surface area contributed by atoms with E-state index in [1.807, 2.05) is 24.3 Å². The molecule has 2 N–H and O–H groups in total. The van der Waals surface area contributed by atoms with Crippen molar-refractivity contribution >= 4 is 11.9 Å². The fourth-order valence-electron chi connectivity index (χ4n) is 3.14. The lowest BCUT2D eigenvalue weighted by molar-refractivity contribution is -0.175. The summed E-state index contributed by atoms with van der Waals surface area (Å²) < 4.78 is 5.51. The summed E-state index contributed by atoms with van der Waals surface area (Å²) in [4.78, 5) is 22.7. The number of benzene rings is 1. The zero-order valence-electron chi connectivity index (χ0n) is 9.45. The largest absolute Gasteiger partial charge is 0.481 e. The Hall–Kier alpha value is -1.88. The van der Waals surface area contributed by atoms with Crippen molar-refractivity contribution in [1.29, 1.82) is 0 Å². The highest BCUT2D eigenvalue weighted by molar-refractivity contribution is 5.83. The van der Waals surface area contributed by atoms with Crippen molar-refractivity contribution in [2.75, 3.05) is 6.61 Å². The van der Waals surface area contributed by atoms with Gasteiger partial charge in [-0.3, -0.25) is 9.59 Å². The molecule has 4 rings (SSSR count). The molecule has 3 aliphatic rings. The quantitative estimate of drug-likeness (QED) is 0.823. The van der Waals surface area contributed by atoms with Crippen LogP contribution in [0, 0.1) is 11.8 Å². The maximum atomic E-state index is 11.3. The maximum absolute atomic E-state index is 11.3. The summed E-state index contributed by atoms with van der Waals surface area (Å²) in [5, 5.41) is 18.5. The second-order valence-corrected chi connectivity index (χ2v) is 4.72. The van der Waals surface area contributed by atoms with Crippen molar-refractivity contribution in [2.45, 2.75) is 12.0 Å². The number of hydrogen-bond donors (Lipinski definition) is 2. The first-order chi connectivity index (χ1) is 8.61. The fourth-order valence-corrected chi connectivity index (χ4v) is 3.14. The summed E-state index contributed by atoms with van der Waals surface area (Å²) in [6, 6.07) is 7.34. The van der Waals surface area contributed by atoms with Gasteiger partial charge in [0.15, 0.2) is 0 Å². The normalized spacial score (nSPS) is 32.9. The van der Waals surface area contributed by atoms with Crippen LogP contribution in [0.25, 0.3) is 0 Å². The fraction of sp³-hybridized carbons (Fsp3) is 0.385. The van der Waals surface area contributed by atoms with E-state index in [9.17, 15) is 19.8 Å². The van der Waals surface area contributed by atoms with Crippen molar-refractivity contribution in [3.63, 3.8) is 0 Å². The summed E-state index contributed by atoms with van der Waals surface area (Å²) in [6.45, 7) is 0.280. The molecule has 94 valence electrons. The van der Waals surface area contributed by atoms with Crippen LogP contribution < -0.4 is 0 Å². The van der Waals surface area contributed by atoms with E-state index in [-0.39, 0.29) is 12.5 Å². The zero-order chi connectivity index (χ0) is 12.9. The highest BCUT2D eigenvalue weighted by atomic mass is 16.5. The molecule has 0 spiro atoms. The molecule has 2 bridgehead atoms. The average Bonchev–Trinajstić information content (AvgIpc) is 2.38. The van der Waals surface area contributed by atoms with E-state index >= 15 is 0 Å². The molecular formula is C13H12O5. The first-order valence-corrected chi connectivity index (χ1v) is 5.77. The molecule has 1 aromatic rings. The summed E-state index contributed by atoms with van der Waals surface area (Å²) in [5.41, 5.74) is 1.73. The second-order valence-electron chi connectivity index (χ2n) is 4.72. The van der Waals surface area contributed by atoms with E-state index in [2.05, 4.69) is 0 Å². The molecule has 5 heteroatoms. The smallest absolute Gasteiger partial charge is 0.310 e. The Bertz CT molecular complexity index is 477. The third kappa shape index (κ3) is 1.37. The molecule has 1 saturated heterocycles. The number of fused-ring (bicyclic) bond motifs is 2. The molecule has 0 radical (unpaired) electrons. The van der Waals surface area contributed by atoms with Crippen molar-refractivity contribution < 1.29 is 24.5 Å². The van der Waals surface area contributed by atoms with E-state index in [1.165, 1.54) is 0 Å². The molecule has 1 fully saturated rings. The van der Waals surface area contributed by atoms with Crippen LogP contribution in [0.4, 0.5) is 0 Å². The molecule has 0 aromatic heterocycles. The highest BCUT2D eigenvalue weighted by Crippen LogP contribution is 2.51. The van der Waals surface area contributed by atoms with E-state index in [0.29, 0.717) is 0 Å². The lowest BCUT2D eigenvalue weighted by atomic mass is 9.65. The van der Waals surface area contributed by atoms with Gasteiger partial charge in [-0.15, -0.1) is 0 Å². The molecule has 5 nitrogen and oxygen atoms in total. The van der Waals surface area contributed by atoms with Gasteiger partial charge in [-0.2, -0.15) is 0 Å². The van der Waals surface area contributed by atoms with Gasteiger partial charge in [-0.1, -0.05) is 24.3 Å². The summed E-state index contributed by atoms with van der Waals surface area (Å²) in [6.07, 6.45) is -0.648. The van der Waals surface area contributed by atoms with Crippen LogP contribution in [0.1, 0.15) is 23.1 Å². The molecule has 4 unspecified atom stereocenters. The minimum absolute atomic E-state index is 0.280. The van der Waals surface area contributed by atoms with Gasteiger partial charge in [-0.05, 0) is 11.1 Å². The molecule has 1 aromatic carbocycles. The van der Waals surface area contributed by atoms with Crippen LogP contribution in [0.2, 0.25) is 0 Å². The predicted molar refractivity (Wildman–Crippen MR) is 60.1 cm³/mol. The SMILES string of the molecule is O=C(O)C1C2COC(c3ccccc32)C1C(=O)O. The molecule has 0 amide bonds. The number of carboxylic acids is 2. The minimum atomic E-state index is -1.10. The maximum Gasteiger partial charge on any atom is 0.310 e. The van der Waals surface area contributed by atoms with Crippen molar-refractivity contribution in [3.05, 3.63) is 35.4 Å². The number of aliphatic carboxylic acids is 2. The summed E-state index contributed by atoms with van der Waals surface area (Å²) in [7, 11) is 0. The van der Waals surface area contributed by atoms with Gasteiger partial charge in [0.1, 0.15) is 5.92 Å². The van der Waals surface area contributed by atoms with Crippen LogP contribution in [-0.2, 0) is 14.3 Å². The Morgan fingerprint density at radius 3 is 2.28 bits per heavy atom. The van der Waals surface area contributed by atoms with E-state index in [4.69, 9.17) is 4.74 Å². The third-order valence-electron chi connectivity index (χ3n) is 3.87. The number of carbonyl (C=O) groups is 2. The van der Waals surface area contributed by atoms with E-state index in [0.717, 1.165) is 11.1 Å².